The molecule has 1 N–H and O–H groups in total. The van der Waals surface area contributed by atoms with Crippen LogP contribution in [0.5, 0.6) is 5.75 Å². The Balaban J connectivity index is 1.58. The number of methoxy groups -OCH3 is 1. The summed E-state index contributed by atoms with van der Waals surface area (Å²) >= 11 is 3.53. The molecule has 0 radical (unpaired) electrons. The van der Waals surface area contributed by atoms with Gasteiger partial charge in [-0.1, -0.05) is 108 Å². The fourth-order valence-corrected chi connectivity index (χ4v) is 7.89. The van der Waals surface area contributed by atoms with Crippen LogP contribution in [-0.4, -0.2) is 50.9 Å². The highest BCUT2D eigenvalue weighted by Gasteiger charge is 2.36. The van der Waals surface area contributed by atoms with Crippen LogP contribution in [-0.2, 0) is 32.6 Å². The second kappa shape index (κ2) is 16.1. The normalized spacial score (nSPS) is 14.2. The van der Waals surface area contributed by atoms with Gasteiger partial charge in [-0.3, -0.25) is 13.9 Å². The molecule has 0 spiro atoms. The maximum Gasteiger partial charge on any atom is 0.264 e. The van der Waals surface area contributed by atoms with E-state index >= 15 is 0 Å². The molecule has 0 heterocycles. The molecule has 2 amide bonds. The molecule has 246 valence electrons. The Morgan fingerprint density at radius 3 is 2.17 bits per heavy atom. The van der Waals surface area contributed by atoms with Gasteiger partial charge in [0.2, 0.25) is 11.8 Å². The van der Waals surface area contributed by atoms with E-state index in [2.05, 4.69) is 21.2 Å². The number of hydrogen-bond acceptors (Lipinski definition) is 5. The largest absolute Gasteiger partial charge is 0.495 e. The summed E-state index contributed by atoms with van der Waals surface area (Å²) in [5.74, 6) is -0.469. The van der Waals surface area contributed by atoms with Crippen molar-refractivity contribution >= 4 is 43.5 Å². The van der Waals surface area contributed by atoms with Crippen molar-refractivity contribution in [1.29, 1.82) is 0 Å². The van der Waals surface area contributed by atoms with Gasteiger partial charge in [0.1, 0.15) is 18.3 Å². The monoisotopic (exact) mass is 717 g/mol. The number of para-hydroxylation sites is 2. The molecule has 1 fully saturated rings. The predicted octanol–water partition coefficient (Wildman–Crippen LogP) is 6.74. The van der Waals surface area contributed by atoms with Gasteiger partial charge in [0, 0.05) is 23.5 Å². The van der Waals surface area contributed by atoms with Crippen LogP contribution in [0.1, 0.15) is 43.2 Å². The Labute approximate surface area is 285 Å². The second-order valence-electron chi connectivity index (χ2n) is 11.7. The molecular formula is C37H40BrN3O5S. The zero-order valence-electron chi connectivity index (χ0n) is 26.4. The Kier molecular flexibility index (Phi) is 11.7. The first-order valence-corrected chi connectivity index (χ1v) is 18.1. The number of hydrogen-bond donors (Lipinski definition) is 1. The van der Waals surface area contributed by atoms with Crippen molar-refractivity contribution in [3.8, 4) is 5.75 Å². The number of anilines is 1. The Morgan fingerprint density at radius 1 is 0.851 bits per heavy atom. The van der Waals surface area contributed by atoms with E-state index in [0.29, 0.717) is 5.75 Å². The van der Waals surface area contributed by atoms with Gasteiger partial charge < -0.3 is 15.0 Å². The summed E-state index contributed by atoms with van der Waals surface area (Å²) < 4.78 is 35.9. The lowest BCUT2D eigenvalue weighted by Gasteiger charge is -2.35. The molecule has 1 saturated carbocycles. The van der Waals surface area contributed by atoms with Crippen LogP contribution in [0.2, 0.25) is 0 Å². The highest BCUT2D eigenvalue weighted by Crippen LogP contribution is 2.33. The first-order valence-electron chi connectivity index (χ1n) is 15.9. The van der Waals surface area contributed by atoms with E-state index in [1.54, 1.807) is 42.5 Å². The fraction of sp³-hybridized carbons (Fsp3) is 0.297. The average Bonchev–Trinajstić information content (AvgIpc) is 3.10. The van der Waals surface area contributed by atoms with Crippen molar-refractivity contribution in [1.82, 2.24) is 10.2 Å². The number of sulfonamides is 1. The van der Waals surface area contributed by atoms with Gasteiger partial charge in [-0.15, -0.1) is 0 Å². The van der Waals surface area contributed by atoms with Crippen LogP contribution in [0.15, 0.2) is 119 Å². The molecule has 8 nitrogen and oxygen atoms in total. The molecule has 47 heavy (non-hydrogen) atoms. The van der Waals surface area contributed by atoms with Gasteiger partial charge in [-0.2, -0.15) is 0 Å². The maximum atomic E-state index is 14.7. The molecule has 1 aliphatic carbocycles. The van der Waals surface area contributed by atoms with E-state index in [9.17, 15) is 18.0 Å². The van der Waals surface area contributed by atoms with Crippen LogP contribution in [0.25, 0.3) is 0 Å². The standard InChI is InChI=1S/C37H40BrN3O5S/c1-46-35-23-12-11-22-33(35)41(47(44,45)32-20-9-4-10-21-32)27-36(42)40(26-29-16-13-17-30(38)24-29)34(25-28-14-5-2-6-15-28)37(43)39-31-18-7-3-8-19-31/h2,4-6,9-17,20-24,31,34H,3,7-8,18-19,25-27H2,1H3,(H,39,43)/t34-/m0/s1. The van der Waals surface area contributed by atoms with Crippen LogP contribution in [0, 0.1) is 0 Å². The van der Waals surface area contributed by atoms with Crippen molar-refractivity contribution in [3.05, 3.63) is 125 Å². The average molecular weight is 719 g/mol. The number of carbonyl (C=O) groups is 2. The number of nitrogens with one attached hydrogen (secondary N) is 1. The molecule has 10 heteroatoms. The van der Waals surface area contributed by atoms with Gasteiger partial charge in [0.15, 0.2) is 0 Å². The number of benzene rings is 4. The number of halogens is 1. The minimum absolute atomic E-state index is 0.0286. The molecule has 1 aliphatic rings. The van der Waals surface area contributed by atoms with Crippen molar-refractivity contribution in [2.75, 3.05) is 18.0 Å². The summed E-state index contributed by atoms with van der Waals surface area (Å²) in [6.07, 6.45) is 5.27. The first kappa shape index (κ1) is 34.2. The van der Waals surface area contributed by atoms with E-state index in [-0.39, 0.29) is 35.5 Å². The fourth-order valence-electron chi connectivity index (χ4n) is 6.00. The third-order valence-corrected chi connectivity index (χ3v) is 10.7. The summed E-state index contributed by atoms with van der Waals surface area (Å²) in [4.78, 5) is 30.5. The number of nitrogens with zero attached hydrogens (tertiary/aromatic N) is 2. The predicted molar refractivity (Wildman–Crippen MR) is 188 cm³/mol. The lowest BCUT2D eigenvalue weighted by molar-refractivity contribution is -0.140. The summed E-state index contributed by atoms with van der Waals surface area (Å²) in [5, 5.41) is 3.24. The molecule has 0 saturated heterocycles. The van der Waals surface area contributed by atoms with Gasteiger partial charge >= 0.3 is 0 Å². The zero-order valence-corrected chi connectivity index (χ0v) is 28.8. The molecule has 0 bridgehead atoms. The van der Waals surface area contributed by atoms with Crippen molar-refractivity contribution in [3.63, 3.8) is 0 Å². The highest BCUT2D eigenvalue weighted by atomic mass is 79.9. The van der Waals surface area contributed by atoms with Crippen LogP contribution < -0.4 is 14.4 Å². The van der Waals surface area contributed by atoms with E-state index in [1.165, 1.54) is 24.1 Å². The summed E-state index contributed by atoms with van der Waals surface area (Å²) in [7, 11) is -2.77. The minimum atomic E-state index is -4.22. The van der Waals surface area contributed by atoms with Crippen molar-refractivity contribution in [2.45, 2.75) is 62.0 Å². The van der Waals surface area contributed by atoms with Crippen molar-refractivity contribution in [2.24, 2.45) is 0 Å². The number of rotatable bonds is 13. The molecular weight excluding hydrogens is 678 g/mol. The Hall–Kier alpha value is -4.15. The van der Waals surface area contributed by atoms with Gasteiger partial charge in [-0.05, 0) is 60.4 Å². The van der Waals surface area contributed by atoms with E-state index in [4.69, 9.17) is 4.74 Å². The number of carbonyl (C=O) groups excluding carboxylic acids is 2. The van der Waals surface area contributed by atoms with E-state index < -0.39 is 28.5 Å². The molecule has 4 aromatic rings. The third-order valence-electron chi connectivity index (χ3n) is 8.43. The van der Waals surface area contributed by atoms with E-state index in [0.717, 1.165) is 52.0 Å². The van der Waals surface area contributed by atoms with Gasteiger partial charge in [0.05, 0.1) is 17.7 Å². The summed E-state index contributed by atoms with van der Waals surface area (Å²) in [6.45, 7) is -0.452. The number of ether oxygens (including phenoxy) is 1. The molecule has 0 aliphatic heterocycles. The SMILES string of the molecule is COc1ccccc1N(CC(=O)N(Cc1cccc(Br)c1)[C@@H](Cc1ccccc1)C(=O)NC1CCCCC1)S(=O)(=O)c1ccccc1. The topological polar surface area (TPSA) is 96.0 Å². The quantitative estimate of drug-likeness (QED) is 0.165. The van der Waals surface area contributed by atoms with Gasteiger partial charge in [0.25, 0.3) is 10.0 Å². The zero-order chi connectivity index (χ0) is 33.2. The Bertz CT molecular complexity index is 1750. The van der Waals surface area contributed by atoms with E-state index in [1.807, 2.05) is 54.6 Å². The molecule has 1 atom stereocenters. The first-order chi connectivity index (χ1) is 22.8. The summed E-state index contributed by atoms with van der Waals surface area (Å²) in [5.41, 5.74) is 1.91. The lowest BCUT2D eigenvalue weighted by atomic mass is 9.94. The van der Waals surface area contributed by atoms with Crippen LogP contribution in [0.3, 0.4) is 0 Å². The molecule has 5 rings (SSSR count). The number of amides is 2. The van der Waals surface area contributed by atoms with Crippen molar-refractivity contribution < 1.29 is 22.7 Å². The lowest BCUT2D eigenvalue weighted by Crippen LogP contribution is -2.55. The Morgan fingerprint density at radius 2 is 1.49 bits per heavy atom. The van der Waals surface area contributed by atoms with Crippen LogP contribution >= 0.6 is 15.9 Å². The second-order valence-corrected chi connectivity index (χ2v) is 14.5. The molecule has 4 aromatic carbocycles. The van der Waals surface area contributed by atoms with Gasteiger partial charge in [-0.25, -0.2) is 8.42 Å². The third kappa shape index (κ3) is 8.81. The summed E-state index contributed by atoms with van der Waals surface area (Å²) in [6, 6.07) is 31.0. The molecule has 0 unspecified atom stereocenters. The molecule has 0 aromatic heterocycles. The smallest absolute Gasteiger partial charge is 0.264 e. The van der Waals surface area contributed by atoms with Crippen LogP contribution in [0.4, 0.5) is 5.69 Å². The minimum Gasteiger partial charge on any atom is -0.495 e. The highest BCUT2D eigenvalue weighted by molar-refractivity contribution is 9.10. The maximum absolute atomic E-state index is 14.7.